The average molecular weight is 337 g/mol. The molecular weight excluding hydrogens is 300 g/mol. The van der Waals surface area contributed by atoms with Crippen LogP contribution in [0.4, 0.5) is 0 Å². The smallest absolute Gasteiger partial charge is 0.122 e. The van der Waals surface area contributed by atoms with Gasteiger partial charge in [-0.05, 0) is 64.7 Å². The van der Waals surface area contributed by atoms with Crippen LogP contribution in [0.1, 0.15) is 57.8 Å². The highest BCUT2D eigenvalue weighted by Crippen LogP contribution is 2.25. The van der Waals surface area contributed by atoms with Crippen molar-refractivity contribution in [2.75, 3.05) is 45.9 Å². The molecule has 0 amide bonds. The van der Waals surface area contributed by atoms with Crippen LogP contribution in [0.25, 0.3) is 0 Å². The lowest BCUT2D eigenvalue weighted by atomic mass is 10.00. The maximum Gasteiger partial charge on any atom is 0.122 e. The molecule has 0 radical (unpaired) electrons. The quantitative estimate of drug-likeness (QED) is 0.830. The molecule has 4 heterocycles. The van der Waals surface area contributed by atoms with Gasteiger partial charge in [0.1, 0.15) is 6.23 Å². The Balaban J connectivity index is 1.11. The monoisotopic (exact) mass is 336 g/mol. The summed E-state index contributed by atoms with van der Waals surface area (Å²) in [7, 11) is 0. The third kappa shape index (κ3) is 4.31. The van der Waals surface area contributed by atoms with Crippen LogP contribution in [0.3, 0.4) is 0 Å². The number of nitrogens with one attached hydrogen (secondary N) is 1. The van der Waals surface area contributed by atoms with E-state index in [0.717, 1.165) is 25.2 Å². The van der Waals surface area contributed by atoms with Crippen molar-refractivity contribution in [3.05, 3.63) is 0 Å². The van der Waals surface area contributed by atoms with Crippen LogP contribution in [0.2, 0.25) is 0 Å². The molecular formula is C19H36N4O. The van der Waals surface area contributed by atoms with E-state index in [1.165, 1.54) is 90.5 Å². The van der Waals surface area contributed by atoms with E-state index < -0.39 is 0 Å². The Morgan fingerprint density at radius 1 is 0.792 bits per heavy atom. The molecule has 0 aromatic rings. The topological polar surface area (TPSA) is 31.0 Å². The first-order valence-corrected chi connectivity index (χ1v) is 10.5. The van der Waals surface area contributed by atoms with E-state index >= 15 is 0 Å². The summed E-state index contributed by atoms with van der Waals surface area (Å²) in [5.41, 5.74) is 3.57. The molecule has 0 spiro atoms. The Hall–Kier alpha value is -0.200. The van der Waals surface area contributed by atoms with Gasteiger partial charge in [-0.3, -0.25) is 0 Å². The highest BCUT2D eigenvalue weighted by molar-refractivity contribution is 4.84. The van der Waals surface area contributed by atoms with Gasteiger partial charge in [-0.2, -0.15) is 0 Å². The Bertz CT molecular complexity index is 366. The fourth-order valence-electron chi connectivity index (χ4n) is 5.12. The number of piperidine rings is 3. The number of nitrogens with zero attached hydrogens (tertiary/aromatic N) is 3. The Morgan fingerprint density at radius 3 is 2.38 bits per heavy atom. The van der Waals surface area contributed by atoms with Crippen molar-refractivity contribution in [2.24, 2.45) is 0 Å². The number of likely N-dealkylation sites (tertiary alicyclic amines) is 2. The second-order valence-corrected chi connectivity index (χ2v) is 8.24. The SMILES string of the molecule is C1CCN(C2CCN(CCOC3CC4CCCCN4N3)CC2)CC1. The van der Waals surface area contributed by atoms with Crippen LogP contribution < -0.4 is 5.43 Å². The van der Waals surface area contributed by atoms with Gasteiger partial charge in [0.2, 0.25) is 0 Å². The number of fused-ring (bicyclic) bond motifs is 1. The third-order valence-corrected chi connectivity index (χ3v) is 6.61. The van der Waals surface area contributed by atoms with E-state index in [9.17, 15) is 0 Å². The average Bonchev–Trinajstić information content (AvgIpc) is 3.06. The highest BCUT2D eigenvalue weighted by Gasteiger charge is 2.33. The van der Waals surface area contributed by atoms with Crippen molar-refractivity contribution in [1.29, 1.82) is 0 Å². The second-order valence-electron chi connectivity index (χ2n) is 8.24. The summed E-state index contributed by atoms with van der Waals surface area (Å²) in [4.78, 5) is 5.37. The van der Waals surface area contributed by atoms with Crippen molar-refractivity contribution < 1.29 is 4.74 Å². The molecule has 2 unspecified atom stereocenters. The van der Waals surface area contributed by atoms with Gasteiger partial charge in [0, 0.05) is 31.6 Å². The molecule has 0 saturated carbocycles. The van der Waals surface area contributed by atoms with Crippen LogP contribution in [0.5, 0.6) is 0 Å². The van der Waals surface area contributed by atoms with Gasteiger partial charge in [-0.25, -0.2) is 10.4 Å². The molecule has 0 aliphatic carbocycles. The van der Waals surface area contributed by atoms with Crippen molar-refractivity contribution >= 4 is 0 Å². The minimum absolute atomic E-state index is 0.263. The van der Waals surface area contributed by atoms with E-state index in [0.29, 0.717) is 0 Å². The summed E-state index contributed by atoms with van der Waals surface area (Å²) < 4.78 is 6.14. The molecule has 4 aliphatic rings. The van der Waals surface area contributed by atoms with E-state index in [-0.39, 0.29) is 6.23 Å². The molecule has 4 fully saturated rings. The summed E-state index contributed by atoms with van der Waals surface area (Å²) >= 11 is 0. The van der Waals surface area contributed by atoms with Gasteiger partial charge < -0.3 is 14.5 Å². The predicted octanol–water partition coefficient (Wildman–Crippen LogP) is 2.04. The Kier molecular flexibility index (Phi) is 6.07. The van der Waals surface area contributed by atoms with E-state index in [1.54, 1.807) is 0 Å². The molecule has 0 bridgehead atoms. The molecule has 4 rings (SSSR count). The van der Waals surface area contributed by atoms with Crippen molar-refractivity contribution in [1.82, 2.24) is 20.2 Å². The van der Waals surface area contributed by atoms with E-state index in [1.807, 2.05) is 0 Å². The first-order valence-electron chi connectivity index (χ1n) is 10.5. The number of hydrogen-bond acceptors (Lipinski definition) is 5. The normalized spacial score (nSPS) is 34.5. The van der Waals surface area contributed by atoms with Crippen LogP contribution in [0, 0.1) is 0 Å². The maximum atomic E-state index is 6.14. The fraction of sp³-hybridized carbons (Fsp3) is 1.00. The summed E-state index contributed by atoms with van der Waals surface area (Å²) in [6.45, 7) is 8.41. The predicted molar refractivity (Wildman–Crippen MR) is 96.7 cm³/mol. The number of hydrazine groups is 1. The highest BCUT2D eigenvalue weighted by atomic mass is 16.5. The zero-order chi connectivity index (χ0) is 16.2. The maximum absolute atomic E-state index is 6.14. The summed E-state index contributed by atoms with van der Waals surface area (Å²) in [5.74, 6) is 0. The molecule has 0 aromatic heterocycles. The lowest BCUT2D eigenvalue weighted by molar-refractivity contribution is -0.000994. The molecule has 24 heavy (non-hydrogen) atoms. The summed E-state index contributed by atoms with van der Waals surface area (Å²) in [6, 6.07) is 1.58. The van der Waals surface area contributed by atoms with E-state index in [4.69, 9.17) is 4.74 Å². The minimum Gasteiger partial charge on any atom is -0.361 e. The van der Waals surface area contributed by atoms with Gasteiger partial charge in [0.25, 0.3) is 0 Å². The van der Waals surface area contributed by atoms with Gasteiger partial charge >= 0.3 is 0 Å². The van der Waals surface area contributed by atoms with Crippen LogP contribution in [0.15, 0.2) is 0 Å². The second kappa shape index (κ2) is 8.45. The molecule has 4 saturated heterocycles. The third-order valence-electron chi connectivity index (χ3n) is 6.61. The molecule has 2 atom stereocenters. The molecule has 138 valence electrons. The molecule has 5 nitrogen and oxygen atoms in total. The number of hydrogen-bond donors (Lipinski definition) is 1. The molecule has 5 heteroatoms. The Labute approximate surface area is 147 Å². The van der Waals surface area contributed by atoms with Crippen LogP contribution in [-0.4, -0.2) is 79.0 Å². The van der Waals surface area contributed by atoms with Gasteiger partial charge in [0.15, 0.2) is 0 Å². The largest absolute Gasteiger partial charge is 0.361 e. The Morgan fingerprint density at radius 2 is 1.58 bits per heavy atom. The lowest BCUT2D eigenvalue weighted by Crippen LogP contribution is -2.47. The van der Waals surface area contributed by atoms with Crippen molar-refractivity contribution in [3.8, 4) is 0 Å². The van der Waals surface area contributed by atoms with Crippen LogP contribution >= 0.6 is 0 Å². The fourth-order valence-corrected chi connectivity index (χ4v) is 5.12. The summed E-state index contributed by atoms with van der Waals surface area (Å²) in [5, 5.41) is 2.43. The zero-order valence-electron chi connectivity index (χ0n) is 15.3. The zero-order valence-corrected chi connectivity index (χ0v) is 15.3. The lowest BCUT2D eigenvalue weighted by Gasteiger charge is -2.40. The first-order chi connectivity index (χ1) is 11.9. The van der Waals surface area contributed by atoms with Gasteiger partial charge in [0.05, 0.1) is 6.61 Å². The molecule has 0 aromatic carbocycles. The van der Waals surface area contributed by atoms with Crippen molar-refractivity contribution in [2.45, 2.75) is 76.1 Å². The van der Waals surface area contributed by atoms with Crippen molar-refractivity contribution in [3.63, 3.8) is 0 Å². The number of rotatable bonds is 5. The first kappa shape index (κ1) is 17.2. The molecule has 4 aliphatic heterocycles. The van der Waals surface area contributed by atoms with Gasteiger partial charge in [-0.15, -0.1) is 0 Å². The number of ether oxygens (including phenoxy) is 1. The van der Waals surface area contributed by atoms with Gasteiger partial charge in [-0.1, -0.05) is 12.8 Å². The summed E-state index contributed by atoms with van der Waals surface area (Å²) in [6.07, 6.45) is 12.5. The van der Waals surface area contributed by atoms with E-state index in [2.05, 4.69) is 20.2 Å². The molecule has 1 N–H and O–H groups in total. The standard InChI is InChI=1S/C19H36N4O/c1-3-9-22(10-4-1)17-7-12-21(13-8-17)14-15-24-19-16-18-6-2-5-11-23(18)20-19/h17-20H,1-16H2. The van der Waals surface area contributed by atoms with Crippen LogP contribution in [-0.2, 0) is 4.74 Å². The minimum atomic E-state index is 0.263.